The summed E-state index contributed by atoms with van der Waals surface area (Å²) in [5, 5.41) is 0. The summed E-state index contributed by atoms with van der Waals surface area (Å²) in [7, 11) is 0. The molecule has 0 aliphatic heterocycles. The molecule has 1 saturated carbocycles. The Labute approximate surface area is 113 Å². The van der Waals surface area contributed by atoms with Gasteiger partial charge in [0.25, 0.3) is 5.56 Å². The summed E-state index contributed by atoms with van der Waals surface area (Å²) in [6, 6.07) is 1.37. The minimum absolute atomic E-state index is 0.252. The van der Waals surface area contributed by atoms with Crippen molar-refractivity contribution in [3.05, 3.63) is 26.9 Å². The van der Waals surface area contributed by atoms with E-state index in [0.29, 0.717) is 24.8 Å². The van der Waals surface area contributed by atoms with Crippen molar-refractivity contribution in [1.82, 2.24) is 9.13 Å². The van der Waals surface area contributed by atoms with Crippen LogP contribution in [0.5, 0.6) is 0 Å². The zero-order valence-corrected chi connectivity index (χ0v) is 11.6. The van der Waals surface area contributed by atoms with Gasteiger partial charge in [0.2, 0.25) is 0 Å². The molecule has 0 bridgehead atoms. The van der Waals surface area contributed by atoms with Gasteiger partial charge in [0.05, 0.1) is 0 Å². The number of anilines is 1. The van der Waals surface area contributed by atoms with Gasteiger partial charge in [0.15, 0.2) is 0 Å². The monoisotopic (exact) mass is 265 g/mol. The molecule has 1 fully saturated rings. The van der Waals surface area contributed by atoms with Gasteiger partial charge in [-0.05, 0) is 25.2 Å². The third kappa shape index (κ3) is 3.08. The van der Waals surface area contributed by atoms with Gasteiger partial charge in [-0.1, -0.05) is 26.2 Å². The van der Waals surface area contributed by atoms with E-state index in [1.54, 1.807) is 4.57 Å². The van der Waals surface area contributed by atoms with Crippen LogP contribution in [0.15, 0.2) is 15.7 Å². The first-order valence-corrected chi connectivity index (χ1v) is 7.23. The van der Waals surface area contributed by atoms with Gasteiger partial charge in [-0.15, -0.1) is 0 Å². The van der Waals surface area contributed by atoms with Gasteiger partial charge in [0.1, 0.15) is 5.82 Å². The minimum Gasteiger partial charge on any atom is -0.385 e. The Balaban J connectivity index is 2.31. The van der Waals surface area contributed by atoms with E-state index in [4.69, 9.17) is 5.73 Å². The van der Waals surface area contributed by atoms with Crippen LogP contribution in [-0.2, 0) is 13.1 Å². The molecule has 1 aromatic heterocycles. The lowest BCUT2D eigenvalue weighted by Crippen LogP contribution is -2.41. The average molecular weight is 265 g/mol. The number of rotatable bonds is 4. The molecule has 0 unspecified atom stereocenters. The van der Waals surface area contributed by atoms with Crippen molar-refractivity contribution in [1.29, 1.82) is 0 Å². The third-order valence-corrected chi connectivity index (χ3v) is 3.92. The molecule has 1 heterocycles. The second kappa shape index (κ2) is 6.08. The number of nitrogens with zero attached hydrogens (tertiary/aromatic N) is 2. The van der Waals surface area contributed by atoms with E-state index in [9.17, 15) is 9.59 Å². The molecule has 1 aliphatic carbocycles. The predicted molar refractivity (Wildman–Crippen MR) is 76.2 cm³/mol. The Morgan fingerprint density at radius 1 is 1.21 bits per heavy atom. The molecule has 2 N–H and O–H groups in total. The van der Waals surface area contributed by atoms with E-state index in [0.717, 1.165) is 19.3 Å². The quantitative estimate of drug-likeness (QED) is 0.898. The lowest BCUT2D eigenvalue weighted by Gasteiger charge is -2.23. The number of nitrogen functional groups attached to an aromatic ring is 1. The normalized spacial score (nSPS) is 16.7. The molecule has 106 valence electrons. The van der Waals surface area contributed by atoms with Crippen LogP contribution in [0.3, 0.4) is 0 Å². The van der Waals surface area contributed by atoms with Gasteiger partial charge in [-0.2, -0.15) is 0 Å². The van der Waals surface area contributed by atoms with Crippen molar-refractivity contribution in [2.24, 2.45) is 5.92 Å². The summed E-state index contributed by atoms with van der Waals surface area (Å²) in [6.45, 7) is 3.06. The van der Waals surface area contributed by atoms with E-state index in [1.807, 2.05) is 6.92 Å². The van der Waals surface area contributed by atoms with E-state index in [-0.39, 0.29) is 11.2 Å². The highest BCUT2D eigenvalue weighted by molar-refractivity contribution is 5.26. The van der Waals surface area contributed by atoms with Gasteiger partial charge in [0, 0.05) is 19.2 Å². The third-order valence-electron chi connectivity index (χ3n) is 3.92. The molecule has 1 aromatic rings. The topological polar surface area (TPSA) is 70.0 Å². The Kier molecular flexibility index (Phi) is 4.45. The minimum atomic E-state index is -0.288. The van der Waals surface area contributed by atoms with Crippen molar-refractivity contribution < 1.29 is 0 Å². The molecule has 0 amide bonds. The standard InChI is InChI=1S/C14H23N3O2/c1-2-8-16-13(18)9-12(15)17(14(16)19)10-11-6-4-3-5-7-11/h9,11H,2-8,10,15H2,1H3. The molecule has 2 rings (SSSR count). The van der Waals surface area contributed by atoms with Crippen LogP contribution in [0.25, 0.3) is 0 Å². The van der Waals surface area contributed by atoms with Gasteiger partial charge in [-0.3, -0.25) is 13.9 Å². The smallest absolute Gasteiger partial charge is 0.332 e. The first-order chi connectivity index (χ1) is 9.13. The van der Waals surface area contributed by atoms with Crippen LogP contribution < -0.4 is 17.0 Å². The molecular formula is C14H23N3O2. The van der Waals surface area contributed by atoms with Crippen LogP contribution in [0, 0.1) is 5.92 Å². The Morgan fingerprint density at radius 3 is 2.53 bits per heavy atom. The maximum Gasteiger partial charge on any atom is 0.332 e. The zero-order chi connectivity index (χ0) is 13.8. The van der Waals surface area contributed by atoms with Crippen LogP contribution in [-0.4, -0.2) is 9.13 Å². The fourth-order valence-corrected chi connectivity index (χ4v) is 2.87. The summed E-state index contributed by atoms with van der Waals surface area (Å²) in [4.78, 5) is 24.1. The van der Waals surface area contributed by atoms with Gasteiger partial charge < -0.3 is 5.73 Å². The van der Waals surface area contributed by atoms with Crippen molar-refractivity contribution in [3.63, 3.8) is 0 Å². The van der Waals surface area contributed by atoms with Crippen LogP contribution in [0.1, 0.15) is 45.4 Å². The van der Waals surface area contributed by atoms with Crippen LogP contribution in [0.2, 0.25) is 0 Å². The van der Waals surface area contributed by atoms with Crippen molar-refractivity contribution in [2.75, 3.05) is 5.73 Å². The Bertz CT molecular complexity index is 539. The lowest BCUT2D eigenvalue weighted by atomic mass is 9.89. The fraction of sp³-hybridized carbons (Fsp3) is 0.714. The maximum absolute atomic E-state index is 12.3. The summed E-state index contributed by atoms with van der Waals surface area (Å²) >= 11 is 0. The maximum atomic E-state index is 12.3. The molecule has 5 nitrogen and oxygen atoms in total. The molecule has 19 heavy (non-hydrogen) atoms. The second-order valence-electron chi connectivity index (χ2n) is 5.46. The number of hydrogen-bond acceptors (Lipinski definition) is 3. The zero-order valence-electron chi connectivity index (χ0n) is 11.6. The number of hydrogen-bond donors (Lipinski definition) is 1. The average Bonchev–Trinajstić information content (AvgIpc) is 2.41. The molecule has 0 aromatic carbocycles. The van der Waals surface area contributed by atoms with Crippen molar-refractivity contribution in [3.8, 4) is 0 Å². The summed E-state index contributed by atoms with van der Waals surface area (Å²) in [6.07, 6.45) is 6.82. The molecule has 0 spiro atoms. The molecular weight excluding hydrogens is 242 g/mol. The SMILES string of the molecule is CCCn1c(=O)cc(N)n(CC2CCCCC2)c1=O. The first-order valence-electron chi connectivity index (χ1n) is 7.23. The summed E-state index contributed by atoms with van der Waals surface area (Å²) in [5.74, 6) is 0.814. The summed E-state index contributed by atoms with van der Waals surface area (Å²) < 4.78 is 2.87. The van der Waals surface area contributed by atoms with E-state index < -0.39 is 0 Å². The van der Waals surface area contributed by atoms with E-state index >= 15 is 0 Å². The summed E-state index contributed by atoms with van der Waals surface area (Å²) in [5.41, 5.74) is 5.31. The van der Waals surface area contributed by atoms with Crippen molar-refractivity contribution in [2.45, 2.75) is 58.5 Å². The van der Waals surface area contributed by atoms with Crippen molar-refractivity contribution >= 4 is 5.82 Å². The molecule has 1 aliphatic rings. The molecule has 0 radical (unpaired) electrons. The van der Waals surface area contributed by atoms with E-state index in [1.165, 1.54) is 29.9 Å². The van der Waals surface area contributed by atoms with Crippen LogP contribution >= 0.6 is 0 Å². The number of nitrogens with two attached hydrogens (primary N) is 1. The highest BCUT2D eigenvalue weighted by Crippen LogP contribution is 2.24. The van der Waals surface area contributed by atoms with E-state index in [2.05, 4.69) is 0 Å². The largest absolute Gasteiger partial charge is 0.385 e. The van der Waals surface area contributed by atoms with Gasteiger partial charge in [-0.25, -0.2) is 4.79 Å². The first kappa shape index (κ1) is 13.9. The second-order valence-corrected chi connectivity index (χ2v) is 5.46. The molecule has 0 atom stereocenters. The Morgan fingerprint density at radius 2 is 1.89 bits per heavy atom. The Hall–Kier alpha value is -1.52. The molecule has 5 heteroatoms. The highest BCUT2D eigenvalue weighted by Gasteiger charge is 2.17. The fourth-order valence-electron chi connectivity index (χ4n) is 2.87. The highest BCUT2D eigenvalue weighted by atomic mass is 16.2. The van der Waals surface area contributed by atoms with Crippen LogP contribution in [0.4, 0.5) is 5.82 Å². The van der Waals surface area contributed by atoms with Gasteiger partial charge >= 0.3 is 5.69 Å². The lowest BCUT2D eigenvalue weighted by molar-refractivity contribution is 0.313. The predicted octanol–water partition coefficient (Wildman–Crippen LogP) is 1.58. The number of aromatic nitrogens is 2. The molecule has 0 saturated heterocycles.